The van der Waals surface area contributed by atoms with E-state index in [-0.39, 0.29) is 18.3 Å². The predicted octanol–water partition coefficient (Wildman–Crippen LogP) is 3.15. The van der Waals surface area contributed by atoms with Crippen molar-refractivity contribution in [2.75, 3.05) is 0 Å². The highest BCUT2D eigenvalue weighted by molar-refractivity contribution is 6.65. The van der Waals surface area contributed by atoms with Gasteiger partial charge in [0.25, 0.3) is 0 Å². The van der Waals surface area contributed by atoms with E-state index in [0.717, 1.165) is 16.4 Å². The third kappa shape index (κ3) is 2.27. The van der Waals surface area contributed by atoms with E-state index in [9.17, 15) is 0 Å². The third-order valence-electron chi connectivity index (χ3n) is 4.90. The standard InChI is InChI=1S/C17H22BNO2/c1-11-9-13-14(7-8-19-15(13)10-12(11)2)18-20-16(3,4)17(5,6)21-18/h7-10H,1-6H3. The fraction of sp³-hybridized carbons (Fsp3) is 0.471. The summed E-state index contributed by atoms with van der Waals surface area (Å²) in [5.41, 5.74) is 3.90. The molecule has 0 atom stereocenters. The van der Waals surface area contributed by atoms with Crippen LogP contribution in [-0.2, 0) is 9.31 Å². The second kappa shape index (κ2) is 4.55. The van der Waals surface area contributed by atoms with Crippen LogP contribution in [0.5, 0.6) is 0 Å². The van der Waals surface area contributed by atoms with Gasteiger partial charge in [-0.05, 0) is 76.3 Å². The first-order valence-corrected chi connectivity index (χ1v) is 7.43. The molecule has 0 unspecified atom stereocenters. The average Bonchev–Trinajstić information content (AvgIpc) is 2.59. The number of aryl methyl sites for hydroxylation is 2. The largest absolute Gasteiger partial charge is 0.495 e. The van der Waals surface area contributed by atoms with Gasteiger partial charge in [-0.3, -0.25) is 4.98 Å². The molecule has 1 saturated heterocycles. The first kappa shape index (κ1) is 14.5. The van der Waals surface area contributed by atoms with E-state index in [0.29, 0.717) is 0 Å². The number of aromatic nitrogens is 1. The first-order chi connectivity index (χ1) is 9.71. The van der Waals surface area contributed by atoms with Crippen molar-refractivity contribution >= 4 is 23.5 Å². The van der Waals surface area contributed by atoms with E-state index >= 15 is 0 Å². The van der Waals surface area contributed by atoms with Crippen LogP contribution >= 0.6 is 0 Å². The molecule has 0 radical (unpaired) electrons. The minimum Gasteiger partial charge on any atom is -0.399 e. The minimum absolute atomic E-state index is 0.326. The van der Waals surface area contributed by atoms with E-state index < -0.39 is 0 Å². The molecular formula is C17H22BNO2. The molecule has 21 heavy (non-hydrogen) atoms. The summed E-state index contributed by atoms with van der Waals surface area (Å²) in [6, 6.07) is 6.30. The van der Waals surface area contributed by atoms with Crippen LogP contribution in [0.25, 0.3) is 10.9 Å². The monoisotopic (exact) mass is 283 g/mol. The minimum atomic E-state index is -0.345. The van der Waals surface area contributed by atoms with Gasteiger partial charge in [-0.1, -0.05) is 0 Å². The van der Waals surface area contributed by atoms with Crippen LogP contribution in [0.2, 0.25) is 0 Å². The predicted molar refractivity (Wildman–Crippen MR) is 86.9 cm³/mol. The van der Waals surface area contributed by atoms with Crippen molar-refractivity contribution in [2.45, 2.75) is 52.7 Å². The van der Waals surface area contributed by atoms with Crippen molar-refractivity contribution in [3.63, 3.8) is 0 Å². The molecule has 0 N–H and O–H groups in total. The Kier molecular flexibility index (Phi) is 3.15. The van der Waals surface area contributed by atoms with Gasteiger partial charge >= 0.3 is 7.12 Å². The quantitative estimate of drug-likeness (QED) is 0.753. The summed E-state index contributed by atoms with van der Waals surface area (Å²) in [4.78, 5) is 4.48. The van der Waals surface area contributed by atoms with E-state index in [1.807, 2.05) is 12.3 Å². The number of fused-ring (bicyclic) bond motifs is 1. The van der Waals surface area contributed by atoms with Crippen molar-refractivity contribution in [2.24, 2.45) is 0 Å². The summed E-state index contributed by atoms with van der Waals surface area (Å²) < 4.78 is 12.4. The zero-order valence-electron chi connectivity index (χ0n) is 13.7. The number of hydrogen-bond acceptors (Lipinski definition) is 3. The van der Waals surface area contributed by atoms with Gasteiger partial charge < -0.3 is 9.31 Å². The summed E-state index contributed by atoms with van der Waals surface area (Å²) >= 11 is 0. The van der Waals surface area contributed by atoms with E-state index in [1.165, 1.54) is 11.1 Å². The normalized spacial score (nSPS) is 20.2. The summed E-state index contributed by atoms with van der Waals surface area (Å²) in [5.74, 6) is 0. The van der Waals surface area contributed by atoms with E-state index in [2.05, 4.69) is 58.7 Å². The summed E-state index contributed by atoms with van der Waals surface area (Å²) in [6.45, 7) is 12.5. The fourth-order valence-corrected chi connectivity index (χ4v) is 2.60. The zero-order valence-corrected chi connectivity index (χ0v) is 13.7. The lowest BCUT2D eigenvalue weighted by Gasteiger charge is -2.32. The number of nitrogens with zero attached hydrogens (tertiary/aromatic N) is 1. The summed E-state index contributed by atoms with van der Waals surface area (Å²) in [6.07, 6.45) is 1.83. The Morgan fingerprint density at radius 3 is 2.14 bits per heavy atom. The second-order valence-corrected chi connectivity index (χ2v) is 6.94. The molecule has 3 rings (SSSR count). The molecule has 4 heteroatoms. The van der Waals surface area contributed by atoms with Crippen molar-refractivity contribution in [1.29, 1.82) is 0 Å². The molecule has 3 nitrogen and oxygen atoms in total. The second-order valence-electron chi connectivity index (χ2n) is 6.94. The fourth-order valence-electron chi connectivity index (χ4n) is 2.60. The number of pyridine rings is 1. The SMILES string of the molecule is Cc1cc2nccc(B3OC(C)(C)C(C)(C)O3)c2cc1C. The summed E-state index contributed by atoms with van der Waals surface area (Å²) in [7, 11) is -0.345. The molecular weight excluding hydrogens is 261 g/mol. The van der Waals surface area contributed by atoms with Crippen LogP contribution in [0.3, 0.4) is 0 Å². The van der Waals surface area contributed by atoms with Gasteiger partial charge in [-0.25, -0.2) is 0 Å². The van der Waals surface area contributed by atoms with Gasteiger partial charge in [0.15, 0.2) is 0 Å². The molecule has 1 fully saturated rings. The van der Waals surface area contributed by atoms with Gasteiger partial charge in [0.2, 0.25) is 0 Å². The number of rotatable bonds is 1. The Morgan fingerprint density at radius 1 is 0.952 bits per heavy atom. The lowest BCUT2D eigenvalue weighted by molar-refractivity contribution is 0.00578. The Morgan fingerprint density at radius 2 is 1.52 bits per heavy atom. The van der Waals surface area contributed by atoms with Crippen molar-refractivity contribution in [1.82, 2.24) is 4.98 Å². The van der Waals surface area contributed by atoms with Crippen LogP contribution in [0, 0.1) is 13.8 Å². The van der Waals surface area contributed by atoms with Gasteiger partial charge in [-0.2, -0.15) is 0 Å². The smallest absolute Gasteiger partial charge is 0.399 e. The molecule has 1 aliphatic rings. The van der Waals surface area contributed by atoms with Crippen molar-refractivity contribution in [3.05, 3.63) is 35.5 Å². The molecule has 110 valence electrons. The van der Waals surface area contributed by atoms with Crippen LogP contribution in [-0.4, -0.2) is 23.3 Å². The van der Waals surface area contributed by atoms with Crippen molar-refractivity contribution in [3.8, 4) is 0 Å². The first-order valence-electron chi connectivity index (χ1n) is 7.43. The highest BCUT2D eigenvalue weighted by atomic mass is 16.7. The third-order valence-corrected chi connectivity index (χ3v) is 4.90. The lowest BCUT2D eigenvalue weighted by Crippen LogP contribution is -2.41. The van der Waals surface area contributed by atoms with Gasteiger partial charge in [0.05, 0.1) is 16.7 Å². The lowest BCUT2D eigenvalue weighted by atomic mass is 9.76. The highest BCUT2D eigenvalue weighted by Crippen LogP contribution is 2.37. The Bertz CT molecular complexity index is 693. The van der Waals surface area contributed by atoms with Crippen LogP contribution in [0.15, 0.2) is 24.4 Å². The molecule has 0 aliphatic carbocycles. The average molecular weight is 283 g/mol. The van der Waals surface area contributed by atoms with Crippen molar-refractivity contribution < 1.29 is 9.31 Å². The molecule has 1 aliphatic heterocycles. The van der Waals surface area contributed by atoms with E-state index in [4.69, 9.17) is 9.31 Å². The highest BCUT2D eigenvalue weighted by Gasteiger charge is 2.52. The van der Waals surface area contributed by atoms with Gasteiger partial charge in [0.1, 0.15) is 0 Å². The molecule has 1 aromatic heterocycles. The number of benzene rings is 1. The Hall–Kier alpha value is -1.39. The Balaban J connectivity index is 2.12. The topological polar surface area (TPSA) is 31.4 Å². The van der Waals surface area contributed by atoms with Crippen LogP contribution in [0.4, 0.5) is 0 Å². The molecule has 2 heterocycles. The molecule has 0 spiro atoms. The maximum atomic E-state index is 6.18. The van der Waals surface area contributed by atoms with Gasteiger partial charge in [-0.15, -0.1) is 0 Å². The summed E-state index contributed by atoms with van der Waals surface area (Å²) in [5, 5.41) is 1.11. The zero-order chi connectivity index (χ0) is 15.4. The van der Waals surface area contributed by atoms with Gasteiger partial charge in [0, 0.05) is 11.6 Å². The number of hydrogen-bond donors (Lipinski definition) is 0. The molecule has 1 aromatic carbocycles. The van der Waals surface area contributed by atoms with E-state index in [1.54, 1.807) is 0 Å². The molecule has 0 amide bonds. The Labute approximate surface area is 126 Å². The molecule has 0 saturated carbocycles. The van der Waals surface area contributed by atoms with Crippen LogP contribution in [0.1, 0.15) is 38.8 Å². The molecule has 0 bridgehead atoms. The van der Waals surface area contributed by atoms with Crippen LogP contribution < -0.4 is 5.46 Å². The molecule has 2 aromatic rings. The maximum Gasteiger partial charge on any atom is 0.495 e. The maximum absolute atomic E-state index is 6.18.